The van der Waals surface area contributed by atoms with E-state index in [2.05, 4.69) is 18.9 Å². The molecule has 0 aromatic heterocycles. The second kappa shape index (κ2) is 23.5. The molecule has 0 aliphatic heterocycles. The molecule has 0 radical (unpaired) electrons. The van der Waals surface area contributed by atoms with E-state index in [0.29, 0.717) is 0 Å². The Morgan fingerprint density at radius 1 is 0.615 bits per heavy atom. The fraction of sp³-hybridized carbons (Fsp3) is 0.778. The average molecular weight is 380 g/mol. The van der Waals surface area contributed by atoms with Crippen molar-refractivity contribution in [3.05, 3.63) is 0 Å². The van der Waals surface area contributed by atoms with E-state index in [1.165, 1.54) is 56.1 Å². The smallest absolute Gasteiger partial charge is 0.158 e. The molecule has 8 nitrogen and oxygen atoms in total. The second-order valence-corrected chi connectivity index (χ2v) is 5.25. The zero-order valence-electron chi connectivity index (χ0n) is 17.8. The van der Waals surface area contributed by atoms with Gasteiger partial charge >= 0.3 is 0 Å². The lowest BCUT2D eigenvalue weighted by Gasteiger charge is -2.00. The number of ketones is 4. The summed E-state index contributed by atoms with van der Waals surface area (Å²) in [5.41, 5.74) is 0. The first kappa shape index (κ1) is 32.2. The highest BCUT2D eigenvalue weighted by Gasteiger charge is 2.02. The van der Waals surface area contributed by atoms with E-state index in [9.17, 15) is 19.2 Å². The number of hydrogen-bond donors (Lipinski definition) is 0. The van der Waals surface area contributed by atoms with Crippen LogP contribution in [0.15, 0.2) is 0 Å². The summed E-state index contributed by atoms with van der Waals surface area (Å²) in [5, 5.41) is 0. The summed E-state index contributed by atoms with van der Waals surface area (Å²) in [5.74, 6) is 0.278. The molecule has 26 heavy (non-hydrogen) atoms. The molecule has 2 atom stereocenters. The number of hydrogen-bond acceptors (Lipinski definition) is 8. The van der Waals surface area contributed by atoms with E-state index in [1.54, 1.807) is 13.8 Å². The quantitative estimate of drug-likeness (QED) is 0.626. The molecule has 0 rings (SSSR count). The Balaban J connectivity index is -0.000000124. The fourth-order valence-electron chi connectivity index (χ4n) is 0.738. The molecule has 0 aliphatic carbocycles. The largest absolute Gasteiger partial charge is 0.377 e. The van der Waals surface area contributed by atoms with Gasteiger partial charge in [0, 0.05) is 28.4 Å². The van der Waals surface area contributed by atoms with Gasteiger partial charge in [0.05, 0.1) is 0 Å². The molecular formula is C18H36O8. The first-order valence-corrected chi connectivity index (χ1v) is 7.94. The van der Waals surface area contributed by atoms with E-state index >= 15 is 0 Å². The zero-order valence-corrected chi connectivity index (χ0v) is 17.8. The summed E-state index contributed by atoms with van der Waals surface area (Å²) < 4.78 is 18.2. The topological polar surface area (TPSA) is 105 Å². The predicted octanol–water partition coefficient (Wildman–Crippen LogP) is 1.66. The van der Waals surface area contributed by atoms with Crippen LogP contribution >= 0.6 is 0 Å². The lowest BCUT2D eigenvalue weighted by molar-refractivity contribution is -0.126. The van der Waals surface area contributed by atoms with Gasteiger partial charge in [-0.2, -0.15) is 0 Å². The molecule has 0 N–H and O–H groups in total. The summed E-state index contributed by atoms with van der Waals surface area (Å²) in [4.78, 5) is 40.3. The maximum Gasteiger partial charge on any atom is 0.158 e. The minimum absolute atomic E-state index is 0.0671. The van der Waals surface area contributed by atoms with Crippen LogP contribution in [0.25, 0.3) is 0 Å². The summed E-state index contributed by atoms with van der Waals surface area (Å²) in [6, 6.07) is 0. The fourth-order valence-corrected chi connectivity index (χ4v) is 0.738. The van der Waals surface area contributed by atoms with Gasteiger partial charge in [0.1, 0.15) is 25.4 Å². The van der Waals surface area contributed by atoms with Crippen molar-refractivity contribution in [3.8, 4) is 0 Å². The molecule has 0 aromatic rings. The lowest BCUT2D eigenvalue weighted by Crippen LogP contribution is -2.14. The highest BCUT2D eigenvalue weighted by Crippen LogP contribution is 1.86. The van der Waals surface area contributed by atoms with Crippen LogP contribution in [0.5, 0.6) is 0 Å². The van der Waals surface area contributed by atoms with Gasteiger partial charge in [0.2, 0.25) is 0 Å². The Kier molecular flexibility index (Phi) is 29.1. The second-order valence-electron chi connectivity index (χ2n) is 5.25. The molecule has 0 fully saturated rings. The SMILES string of the molecule is COC(C)C(C)=O.COC(C)C(C)=O.COCC(C)=O.COCC(C)=O. The maximum absolute atomic E-state index is 10.2. The molecule has 0 saturated heterocycles. The normalized spacial score (nSPS) is 11.2. The average Bonchev–Trinajstić information content (AvgIpc) is 2.54. The van der Waals surface area contributed by atoms with E-state index in [-0.39, 0.29) is 48.6 Å². The first-order chi connectivity index (χ1) is 11.9. The summed E-state index contributed by atoms with van der Waals surface area (Å²) >= 11 is 0. The minimum atomic E-state index is -0.236. The van der Waals surface area contributed by atoms with E-state index in [0.717, 1.165) is 0 Å². The molecule has 0 spiro atoms. The molecular weight excluding hydrogens is 344 g/mol. The zero-order chi connectivity index (χ0) is 21.7. The number of ether oxygens (including phenoxy) is 4. The van der Waals surface area contributed by atoms with E-state index in [4.69, 9.17) is 0 Å². The molecule has 8 heteroatoms. The van der Waals surface area contributed by atoms with Gasteiger partial charge in [0.25, 0.3) is 0 Å². The van der Waals surface area contributed by atoms with Gasteiger partial charge in [-0.05, 0) is 41.5 Å². The van der Waals surface area contributed by atoms with Crippen LogP contribution in [0.3, 0.4) is 0 Å². The number of Topliss-reactive ketones (excluding diaryl/α,β-unsaturated/α-hetero) is 4. The van der Waals surface area contributed by atoms with Gasteiger partial charge in [0.15, 0.2) is 23.1 Å². The molecule has 0 aromatic carbocycles. The Morgan fingerprint density at radius 2 is 0.846 bits per heavy atom. The standard InChI is InChI=1S/2C5H10O2.2C4H8O2/c2*1-4(6)5(2)7-3;2*1-4(5)3-6-2/h2*5H,1-3H3;2*3H2,1-2H3. The lowest BCUT2D eigenvalue weighted by atomic mass is 10.3. The van der Waals surface area contributed by atoms with Crippen molar-refractivity contribution in [1.29, 1.82) is 0 Å². The van der Waals surface area contributed by atoms with Crippen molar-refractivity contribution in [2.75, 3.05) is 41.7 Å². The van der Waals surface area contributed by atoms with Crippen LogP contribution in [0.2, 0.25) is 0 Å². The van der Waals surface area contributed by atoms with Crippen LogP contribution < -0.4 is 0 Å². The molecule has 156 valence electrons. The highest BCUT2D eigenvalue weighted by molar-refractivity contribution is 5.80. The van der Waals surface area contributed by atoms with Crippen molar-refractivity contribution < 1.29 is 38.1 Å². The number of carbonyl (C=O) groups excluding carboxylic acids is 4. The first-order valence-electron chi connectivity index (χ1n) is 7.94. The molecule has 0 aliphatic rings. The minimum Gasteiger partial charge on any atom is -0.377 e. The van der Waals surface area contributed by atoms with Gasteiger partial charge in [-0.15, -0.1) is 0 Å². The Bertz CT molecular complexity index is 343. The number of rotatable bonds is 8. The molecule has 0 amide bonds. The van der Waals surface area contributed by atoms with Crippen LogP contribution in [0.1, 0.15) is 41.5 Å². The third-order valence-corrected chi connectivity index (χ3v) is 2.55. The maximum atomic E-state index is 10.2. The van der Waals surface area contributed by atoms with Crippen LogP contribution in [0, 0.1) is 0 Å². The van der Waals surface area contributed by atoms with Gasteiger partial charge in [-0.25, -0.2) is 0 Å². The van der Waals surface area contributed by atoms with Crippen LogP contribution in [-0.2, 0) is 38.1 Å². The van der Waals surface area contributed by atoms with Crippen molar-refractivity contribution in [1.82, 2.24) is 0 Å². The van der Waals surface area contributed by atoms with Gasteiger partial charge in [-0.3, -0.25) is 19.2 Å². The molecule has 0 bridgehead atoms. The van der Waals surface area contributed by atoms with Crippen molar-refractivity contribution in [3.63, 3.8) is 0 Å². The van der Waals surface area contributed by atoms with Crippen molar-refractivity contribution in [2.24, 2.45) is 0 Å². The third kappa shape index (κ3) is 38.2. The molecule has 0 saturated carbocycles. The number of carbonyl (C=O) groups is 4. The van der Waals surface area contributed by atoms with Gasteiger partial charge < -0.3 is 18.9 Å². The summed E-state index contributed by atoms with van der Waals surface area (Å²) in [7, 11) is 6.04. The van der Waals surface area contributed by atoms with Crippen LogP contribution in [0.4, 0.5) is 0 Å². The van der Waals surface area contributed by atoms with Crippen LogP contribution in [-0.4, -0.2) is 77.0 Å². The van der Waals surface area contributed by atoms with Crippen molar-refractivity contribution in [2.45, 2.75) is 53.8 Å². The summed E-state index contributed by atoms with van der Waals surface area (Å²) in [6.07, 6.45) is -0.472. The Labute approximate surface area is 157 Å². The van der Waals surface area contributed by atoms with Crippen molar-refractivity contribution >= 4 is 23.1 Å². The third-order valence-electron chi connectivity index (χ3n) is 2.55. The van der Waals surface area contributed by atoms with Gasteiger partial charge in [-0.1, -0.05) is 0 Å². The van der Waals surface area contributed by atoms with E-state index < -0.39 is 0 Å². The Hall–Kier alpha value is -1.48. The number of methoxy groups -OCH3 is 4. The molecule has 2 unspecified atom stereocenters. The summed E-state index contributed by atoms with van der Waals surface area (Å²) in [6.45, 7) is 9.92. The van der Waals surface area contributed by atoms with E-state index in [1.807, 2.05) is 0 Å². The highest BCUT2D eigenvalue weighted by atomic mass is 16.5. The monoisotopic (exact) mass is 380 g/mol. The Morgan fingerprint density at radius 3 is 0.846 bits per heavy atom. The predicted molar refractivity (Wildman–Crippen MR) is 99.4 cm³/mol. The molecule has 0 heterocycles.